The minimum Gasteiger partial charge on any atom is -0.324 e. The van der Waals surface area contributed by atoms with Gasteiger partial charge in [0.15, 0.2) is 0 Å². The first-order chi connectivity index (χ1) is 8.08. The molecular formula is C12H14BrClN2O. The first-order valence-corrected chi connectivity index (χ1v) is 6.74. The lowest BCUT2D eigenvalue weighted by molar-refractivity contribution is -0.119. The van der Waals surface area contributed by atoms with E-state index < -0.39 is 0 Å². The Balaban J connectivity index is 2.07. The lowest BCUT2D eigenvalue weighted by atomic mass is 10.0. The third kappa shape index (κ3) is 3.00. The molecule has 1 amide bonds. The predicted octanol–water partition coefficient (Wildman–Crippen LogP) is 3.04. The maximum atomic E-state index is 12.0. The van der Waals surface area contributed by atoms with Crippen molar-refractivity contribution < 1.29 is 4.79 Å². The second-order valence-corrected chi connectivity index (χ2v) is 5.57. The molecule has 0 radical (unpaired) electrons. The number of amides is 1. The molecule has 0 aliphatic carbocycles. The number of hydrogen-bond acceptors (Lipinski definition) is 2. The van der Waals surface area contributed by atoms with Crippen LogP contribution in [0.4, 0.5) is 5.69 Å². The number of hydrogen-bond donors (Lipinski definition) is 2. The van der Waals surface area contributed by atoms with Crippen molar-refractivity contribution in [1.82, 2.24) is 5.32 Å². The Labute approximate surface area is 114 Å². The number of carbonyl (C=O) groups excluding carboxylic acids is 1. The van der Waals surface area contributed by atoms with E-state index >= 15 is 0 Å². The molecule has 1 saturated heterocycles. The Morgan fingerprint density at radius 1 is 1.59 bits per heavy atom. The Bertz CT molecular complexity index is 439. The van der Waals surface area contributed by atoms with Crippen LogP contribution >= 0.6 is 27.5 Å². The van der Waals surface area contributed by atoms with Crippen molar-refractivity contribution in [2.24, 2.45) is 5.92 Å². The van der Waals surface area contributed by atoms with Crippen LogP contribution in [0, 0.1) is 5.92 Å². The van der Waals surface area contributed by atoms with Gasteiger partial charge in [0.2, 0.25) is 5.91 Å². The molecule has 5 heteroatoms. The zero-order chi connectivity index (χ0) is 12.4. The molecule has 3 nitrogen and oxygen atoms in total. The summed E-state index contributed by atoms with van der Waals surface area (Å²) in [6.45, 7) is 2.92. The van der Waals surface area contributed by atoms with Gasteiger partial charge in [0.1, 0.15) is 0 Å². The molecule has 2 rings (SSSR count). The van der Waals surface area contributed by atoms with Gasteiger partial charge in [0, 0.05) is 10.5 Å². The Hall–Kier alpha value is -0.580. The minimum absolute atomic E-state index is 0.0229. The van der Waals surface area contributed by atoms with Crippen LogP contribution in [0.2, 0.25) is 5.02 Å². The van der Waals surface area contributed by atoms with Crippen molar-refractivity contribution in [1.29, 1.82) is 0 Å². The Kier molecular flexibility index (Phi) is 4.07. The van der Waals surface area contributed by atoms with Crippen LogP contribution in [0.1, 0.15) is 13.3 Å². The summed E-state index contributed by atoms with van der Waals surface area (Å²) in [6.07, 6.45) is 0.876. The molecule has 2 unspecified atom stereocenters. The van der Waals surface area contributed by atoms with E-state index in [9.17, 15) is 4.79 Å². The highest BCUT2D eigenvalue weighted by molar-refractivity contribution is 9.10. The number of rotatable bonds is 2. The van der Waals surface area contributed by atoms with Gasteiger partial charge in [-0.15, -0.1) is 0 Å². The third-order valence-electron chi connectivity index (χ3n) is 3.05. The Morgan fingerprint density at radius 3 is 2.94 bits per heavy atom. The van der Waals surface area contributed by atoms with Crippen molar-refractivity contribution >= 4 is 39.1 Å². The number of anilines is 1. The molecule has 2 N–H and O–H groups in total. The smallest absolute Gasteiger partial charge is 0.229 e. The van der Waals surface area contributed by atoms with Gasteiger partial charge in [-0.3, -0.25) is 4.79 Å². The molecule has 1 aromatic rings. The fraction of sp³-hybridized carbons (Fsp3) is 0.417. The molecule has 1 fully saturated rings. The summed E-state index contributed by atoms with van der Waals surface area (Å²) in [5.74, 6) is 0.0569. The summed E-state index contributed by atoms with van der Waals surface area (Å²) in [5.41, 5.74) is 0.666. The summed E-state index contributed by atoms with van der Waals surface area (Å²) in [7, 11) is 0. The normalized spacial score (nSPS) is 23.7. The number of carbonyl (C=O) groups is 1. The van der Waals surface area contributed by atoms with Gasteiger partial charge < -0.3 is 10.6 Å². The number of benzene rings is 1. The van der Waals surface area contributed by atoms with Crippen molar-refractivity contribution in [3.63, 3.8) is 0 Å². The van der Waals surface area contributed by atoms with E-state index in [1.54, 1.807) is 12.1 Å². The molecule has 1 heterocycles. The SMILES string of the molecule is CC1NCCC1C(=O)Nc1ccc(Br)cc1Cl. The van der Waals surface area contributed by atoms with Crippen LogP contribution in [-0.2, 0) is 4.79 Å². The molecular weight excluding hydrogens is 304 g/mol. The fourth-order valence-corrected chi connectivity index (χ4v) is 2.75. The highest BCUT2D eigenvalue weighted by Crippen LogP contribution is 2.27. The predicted molar refractivity (Wildman–Crippen MR) is 73.4 cm³/mol. The summed E-state index contributed by atoms with van der Waals surface area (Å²) in [4.78, 5) is 12.0. The average molecular weight is 318 g/mol. The van der Waals surface area contributed by atoms with E-state index in [0.29, 0.717) is 10.7 Å². The molecule has 2 atom stereocenters. The van der Waals surface area contributed by atoms with Crippen molar-refractivity contribution in [2.75, 3.05) is 11.9 Å². The van der Waals surface area contributed by atoms with Gasteiger partial charge in [-0.1, -0.05) is 27.5 Å². The van der Waals surface area contributed by atoms with Crippen LogP contribution in [0.5, 0.6) is 0 Å². The first kappa shape index (κ1) is 12.9. The monoisotopic (exact) mass is 316 g/mol. The number of nitrogens with one attached hydrogen (secondary N) is 2. The van der Waals surface area contributed by atoms with Crippen molar-refractivity contribution in [3.8, 4) is 0 Å². The summed E-state index contributed by atoms with van der Waals surface area (Å²) >= 11 is 9.39. The van der Waals surface area contributed by atoms with E-state index in [1.807, 2.05) is 13.0 Å². The van der Waals surface area contributed by atoms with Gasteiger partial charge in [-0.05, 0) is 38.1 Å². The van der Waals surface area contributed by atoms with Gasteiger partial charge in [-0.2, -0.15) is 0 Å². The highest BCUT2D eigenvalue weighted by Gasteiger charge is 2.29. The zero-order valence-electron chi connectivity index (χ0n) is 9.47. The molecule has 1 aromatic carbocycles. The van der Waals surface area contributed by atoms with Crippen molar-refractivity contribution in [2.45, 2.75) is 19.4 Å². The van der Waals surface area contributed by atoms with E-state index in [1.165, 1.54) is 0 Å². The van der Waals surface area contributed by atoms with Crippen LogP contribution in [0.25, 0.3) is 0 Å². The van der Waals surface area contributed by atoms with E-state index in [2.05, 4.69) is 26.6 Å². The molecule has 1 aliphatic heterocycles. The van der Waals surface area contributed by atoms with Gasteiger partial charge >= 0.3 is 0 Å². The van der Waals surface area contributed by atoms with Crippen LogP contribution < -0.4 is 10.6 Å². The van der Waals surface area contributed by atoms with Crippen LogP contribution in [0.3, 0.4) is 0 Å². The second kappa shape index (κ2) is 5.38. The summed E-state index contributed by atoms with van der Waals surface area (Å²) in [6, 6.07) is 5.66. The standard InChI is InChI=1S/C12H14BrClN2O/c1-7-9(4-5-15-7)12(17)16-11-3-2-8(13)6-10(11)14/h2-3,6-7,9,15H,4-5H2,1H3,(H,16,17). The lowest BCUT2D eigenvalue weighted by Crippen LogP contribution is -2.32. The topological polar surface area (TPSA) is 41.1 Å². The maximum Gasteiger partial charge on any atom is 0.229 e. The first-order valence-electron chi connectivity index (χ1n) is 5.57. The zero-order valence-corrected chi connectivity index (χ0v) is 11.8. The Morgan fingerprint density at radius 2 is 2.35 bits per heavy atom. The molecule has 92 valence electrons. The molecule has 1 aliphatic rings. The molecule has 0 saturated carbocycles. The minimum atomic E-state index is 0.0229. The van der Waals surface area contributed by atoms with Gasteiger partial charge in [0.05, 0.1) is 16.6 Å². The van der Waals surface area contributed by atoms with Crippen LogP contribution in [0.15, 0.2) is 22.7 Å². The molecule has 0 spiro atoms. The maximum absolute atomic E-state index is 12.0. The third-order valence-corrected chi connectivity index (χ3v) is 3.86. The van der Waals surface area contributed by atoms with E-state index in [4.69, 9.17) is 11.6 Å². The molecule has 0 aromatic heterocycles. The van der Waals surface area contributed by atoms with Crippen molar-refractivity contribution in [3.05, 3.63) is 27.7 Å². The van der Waals surface area contributed by atoms with Crippen LogP contribution in [-0.4, -0.2) is 18.5 Å². The lowest BCUT2D eigenvalue weighted by Gasteiger charge is -2.15. The summed E-state index contributed by atoms with van der Waals surface area (Å²) in [5, 5.41) is 6.68. The largest absolute Gasteiger partial charge is 0.324 e. The quantitative estimate of drug-likeness (QED) is 0.880. The second-order valence-electron chi connectivity index (χ2n) is 4.25. The molecule has 17 heavy (non-hydrogen) atoms. The van der Waals surface area contributed by atoms with Gasteiger partial charge in [-0.25, -0.2) is 0 Å². The number of halogens is 2. The average Bonchev–Trinajstić information content (AvgIpc) is 2.68. The van der Waals surface area contributed by atoms with E-state index in [-0.39, 0.29) is 17.9 Å². The van der Waals surface area contributed by atoms with Gasteiger partial charge in [0.25, 0.3) is 0 Å². The molecule has 0 bridgehead atoms. The highest BCUT2D eigenvalue weighted by atomic mass is 79.9. The summed E-state index contributed by atoms with van der Waals surface area (Å²) < 4.78 is 0.899. The van der Waals surface area contributed by atoms with E-state index in [0.717, 1.165) is 17.4 Å². The fourth-order valence-electron chi connectivity index (χ4n) is 2.03.